The fraction of sp³-hybridized carbons (Fsp3) is 0.222. The van der Waals surface area contributed by atoms with Gasteiger partial charge in [-0.25, -0.2) is 0 Å². The third kappa shape index (κ3) is 9.56. The molecule has 0 radical (unpaired) electrons. The topological polar surface area (TPSA) is 163 Å². The highest BCUT2D eigenvalue weighted by atomic mass is 16.6. The van der Waals surface area contributed by atoms with Crippen molar-refractivity contribution in [2.45, 2.75) is 18.9 Å². The fourth-order valence-corrected chi connectivity index (χ4v) is 1.94. The van der Waals surface area contributed by atoms with Crippen LogP contribution in [0.2, 0.25) is 0 Å². The average Bonchev–Trinajstić information content (AvgIpc) is 2.67. The Labute approximate surface area is 157 Å². The number of non-ortho nitro benzene ring substituents is 1. The minimum absolute atomic E-state index is 0.00102. The first-order valence-corrected chi connectivity index (χ1v) is 8.26. The van der Waals surface area contributed by atoms with Gasteiger partial charge in [0.15, 0.2) is 5.96 Å². The van der Waals surface area contributed by atoms with E-state index < -0.39 is 11.0 Å². The first kappa shape index (κ1) is 21.6. The van der Waals surface area contributed by atoms with Crippen LogP contribution < -0.4 is 22.5 Å². The number of carbonyl (C=O) groups is 1. The van der Waals surface area contributed by atoms with Crippen LogP contribution in [0.25, 0.3) is 0 Å². The molecule has 0 saturated carbocycles. The summed E-state index contributed by atoms with van der Waals surface area (Å²) < 4.78 is 0. The number of nitrogens with one attached hydrogen (secondary N) is 1. The normalized spacial score (nSPS) is 10.7. The summed E-state index contributed by atoms with van der Waals surface area (Å²) in [6.07, 6.45) is 1.00. The number of rotatable bonds is 7. The molecule has 0 saturated heterocycles. The molecule has 1 amide bonds. The Hall–Kier alpha value is -3.46. The molecule has 0 spiro atoms. The number of guanidine groups is 1. The van der Waals surface area contributed by atoms with E-state index in [1.165, 1.54) is 24.3 Å². The van der Waals surface area contributed by atoms with Gasteiger partial charge >= 0.3 is 0 Å². The molecule has 9 heteroatoms. The van der Waals surface area contributed by atoms with Crippen molar-refractivity contribution in [3.8, 4) is 0 Å². The van der Waals surface area contributed by atoms with E-state index in [9.17, 15) is 14.9 Å². The number of aliphatic imine (C=N–C) groups is 1. The Balaban J connectivity index is 0.000000511. The van der Waals surface area contributed by atoms with Gasteiger partial charge in [-0.15, -0.1) is 0 Å². The van der Waals surface area contributed by atoms with Crippen molar-refractivity contribution in [3.05, 3.63) is 70.8 Å². The van der Waals surface area contributed by atoms with E-state index in [0.29, 0.717) is 25.1 Å². The van der Waals surface area contributed by atoms with Gasteiger partial charge in [0.2, 0.25) is 5.91 Å². The van der Waals surface area contributed by atoms with E-state index in [1.54, 1.807) is 0 Å². The van der Waals surface area contributed by atoms with Crippen molar-refractivity contribution in [3.63, 3.8) is 0 Å². The van der Waals surface area contributed by atoms with Crippen LogP contribution in [0.4, 0.5) is 11.4 Å². The van der Waals surface area contributed by atoms with Gasteiger partial charge in [0.25, 0.3) is 5.69 Å². The Morgan fingerprint density at radius 2 is 1.59 bits per heavy atom. The highest BCUT2D eigenvalue weighted by molar-refractivity contribution is 5.94. The first-order chi connectivity index (χ1) is 12.9. The number of nitrogens with two attached hydrogens (primary N) is 3. The molecule has 2 rings (SSSR count). The van der Waals surface area contributed by atoms with Crippen LogP contribution in [0.3, 0.4) is 0 Å². The second-order valence-electron chi connectivity index (χ2n) is 5.50. The summed E-state index contributed by atoms with van der Waals surface area (Å²) in [7, 11) is 0. The van der Waals surface area contributed by atoms with Crippen molar-refractivity contribution in [1.82, 2.24) is 0 Å². The second-order valence-corrected chi connectivity index (χ2v) is 5.50. The summed E-state index contributed by atoms with van der Waals surface area (Å²) in [5.74, 6) is -0.368. The standard InChI is InChI=1S/C12H18N6O3.C6H6/c13-10(2-1-7-16-12(14)15)11(19)17-8-3-5-9(6-4-8)18(20)21;1-2-4-6-5-3-1/h3-6,10H,1-2,7,13H2,(H,17,19)(H4,14,15,16);1-6H. The van der Waals surface area contributed by atoms with Gasteiger partial charge < -0.3 is 22.5 Å². The summed E-state index contributed by atoms with van der Waals surface area (Å²) in [6, 6.07) is 16.8. The van der Waals surface area contributed by atoms with Crippen LogP contribution in [-0.2, 0) is 4.79 Å². The molecule has 0 fully saturated rings. The maximum Gasteiger partial charge on any atom is 0.269 e. The van der Waals surface area contributed by atoms with Crippen molar-refractivity contribution < 1.29 is 9.72 Å². The molecule has 1 unspecified atom stereocenters. The number of benzene rings is 2. The predicted octanol–water partition coefficient (Wildman–Crippen LogP) is 1.60. The minimum atomic E-state index is -0.700. The van der Waals surface area contributed by atoms with Crippen molar-refractivity contribution in [2.75, 3.05) is 11.9 Å². The van der Waals surface area contributed by atoms with E-state index in [1.807, 2.05) is 36.4 Å². The number of hydrogen-bond donors (Lipinski definition) is 4. The lowest BCUT2D eigenvalue weighted by atomic mass is 10.1. The highest BCUT2D eigenvalue weighted by Gasteiger charge is 2.13. The second kappa shape index (κ2) is 12.0. The zero-order valence-corrected chi connectivity index (χ0v) is 14.8. The van der Waals surface area contributed by atoms with E-state index in [4.69, 9.17) is 17.2 Å². The summed E-state index contributed by atoms with van der Waals surface area (Å²) in [6.45, 7) is 0.404. The Bertz CT molecular complexity index is 704. The predicted molar refractivity (Wildman–Crippen MR) is 106 cm³/mol. The number of nitro benzene ring substituents is 1. The molecule has 7 N–H and O–H groups in total. The van der Waals surface area contributed by atoms with Crippen LogP contribution >= 0.6 is 0 Å². The van der Waals surface area contributed by atoms with Crippen molar-refractivity contribution in [2.24, 2.45) is 22.2 Å². The molecule has 0 aromatic heterocycles. The quantitative estimate of drug-likeness (QED) is 0.190. The van der Waals surface area contributed by atoms with E-state index in [2.05, 4.69) is 10.3 Å². The molecular formula is C18H24N6O3. The fourth-order valence-electron chi connectivity index (χ4n) is 1.94. The van der Waals surface area contributed by atoms with Crippen molar-refractivity contribution >= 4 is 23.2 Å². The molecule has 0 heterocycles. The van der Waals surface area contributed by atoms with Gasteiger partial charge in [0, 0.05) is 24.4 Å². The van der Waals surface area contributed by atoms with Gasteiger partial charge in [-0.2, -0.15) is 0 Å². The van der Waals surface area contributed by atoms with Crippen LogP contribution in [-0.4, -0.2) is 29.4 Å². The average molecular weight is 372 g/mol. The van der Waals surface area contributed by atoms with Gasteiger partial charge in [-0.05, 0) is 25.0 Å². The van der Waals surface area contributed by atoms with Gasteiger partial charge in [0.05, 0.1) is 11.0 Å². The Morgan fingerprint density at radius 3 is 2.04 bits per heavy atom. The van der Waals surface area contributed by atoms with Gasteiger partial charge in [-0.3, -0.25) is 19.9 Å². The van der Waals surface area contributed by atoms with Gasteiger partial charge in [-0.1, -0.05) is 36.4 Å². The van der Waals surface area contributed by atoms with Crippen LogP contribution in [0, 0.1) is 10.1 Å². The lowest BCUT2D eigenvalue weighted by Gasteiger charge is -2.11. The van der Waals surface area contributed by atoms with Crippen LogP contribution in [0.5, 0.6) is 0 Å². The molecule has 144 valence electrons. The largest absolute Gasteiger partial charge is 0.370 e. The smallest absolute Gasteiger partial charge is 0.269 e. The molecule has 0 aliphatic heterocycles. The lowest BCUT2D eigenvalue weighted by molar-refractivity contribution is -0.384. The number of nitro groups is 1. The number of amides is 1. The number of anilines is 1. The summed E-state index contributed by atoms with van der Waals surface area (Å²) in [5.41, 5.74) is 16.5. The molecule has 2 aromatic carbocycles. The minimum Gasteiger partial charge on any atom is -0.370 e. The molecule has 1 atom stereocenters. The summed E-state index contributed by atoms with van der Waals surface area (Å²) >= 11 is 0. The van der Waals surface area contributed by atoms with E-state index in [-0.39, 0.29) is 17.6 Å². The molecular weight excluding hydrogens is 348 g/mol. The maximum absolute atomic E-state index is 11.8. The molecule has 0 bridgehead atoms. The third-order valence-electron chi connectivity index (χ3n) is 3.32. The molecule has 0 aliphatic carbocycles. The SMILES string of the molecule is NC(N)=NCCCC(N)C(=O)Nc1ccc([N+](=O)[O-])cc1.c1ccccc1. The maximum atomic E-state index is 11.8. The van der Waals surface area contributed by atoms with E-state index >= 15 is 0 Å². The third-order valence-corrected chi connectivity index (χ3v) is 3.32. The lowest BCUT2D eigenvalue weighted by Crippen LogP contribution is -2.35. The highest BCUT2D eigenvalue weighted by Crippen LogP contribution is 2.15. The zero-order chi connectivity index (χ0) is 20.1. The molecule has 9 nitrogen and oxygen atoms in total. The first-order valence-electron chi connectivity index (χ1n) is 8.26. The molecule has 2 aromatic rings. The number of nitrogens with zero attached hydrogens (tertiary/aromatic N) is 2. The van der Waals surface area contributed by atoms with Crippen LogP contribution in [0.1, 0.15) is 12.8 Å². The monoisotopic (exact) mass is 372 g/mol. The van der Waals surface area contributed by atoms with Crippen LogP contribution in [0.15, 0.2) is 65.7 Å². The Kier molecular flexibility index (Phi) is 9.58. The Morgan fingerprint density at radius 1 is 1.07 bits per heavy atom. The number of hydrogen-bond acceptors (Lipinski definition) is 5. The summed E-state index contributed by atoms with van der Waals surface area (Å²) in [4.78, 5) is 25.6. The summed E-state index contributed by atoms with van der Waals surface area (Å²) in [5, 5.41) is 13.1. The number of carbonyl (C=O) groups excluding carboxylic acids is 1. The van der Waals surface area contributed by atoms with Crippen molar-refractivity contribution in [1.29, 1.82) is 0 Å². The van der Waals surface area contributed by atoms with Gasteiger partial charge in [0.1, 0.15) is 0 Å². The molecule has 27 heavy (non-hydrogen) atoms. The zero-order valence-electron chi connectivity index (χ0n) is 14.8. The molecule has 0 aliphatic rings. The van der Waals surface area contributed by atoms with E-state index in [0.717, 1.165) is 0 Å².